The van der Waals surface area contributed by atoms with Crippen molar-refractivity contribution in [2.24, 2.45) is 4.99 Å². The molecule has 0 radical (unpaired) electrons. The Bertz CT molecular complexity index is 673. The van der Waals surface area contributed by atoms with Crippen molar-refractivity contribution in [3.63, 3.8) is 0 Å². The molecule has 1 aliphatic rings. The first-order chi connectivity index (χ1) is 14.0. The van der Waals surface area contributed by atoms with Gasteiger partial charge in [-0.1, -0.05) is 18.2 Å². The quantitative estimate of drug-likeness (QED) is 0.158. The first-order valence-corrected chi connectivity index (χ1v) is 10.7. The fourth-order valence-electron chi connectivity index (χ4n) is 3.65. The lowest BCUT2D eigenvalue weighted by Crippen LogP contribution is -2.49. The van der Waals surface area contributed by atoms with Crippen molar-refractivity contribution in [2.75, 3.05) is 46.9 Å². The molecule has 1 aliphatic heterocycles. The van der Waals surface area contributed by atoms with Crippen LogP contribution in [-0.2, 0) is 6.42 Å². The topological polar surface area (TPSA) is 58.1 Å². The Morgan fingerprint density at radius 1 is 1.27 bits per heavy atom. The van der Waals surface area contributed by atoms with E-state index in [4.69, 9.17) is 9.47 Å². The molecule has 0 bridgehead atoms. The Balaban J connectivity index is 0.00000450. The van der Waals surface area contributed by atoms with Crippen LogP contribution in [0.2, 0.25) is 0 Å². The largest absolute Gasteiger partial charge is 0.493 e. The lowest BCUT2D eigenvalue weighted by molar-refractivity contribution is 0.221. The number of nitrogens with one attached hydrogen (secondary N) is 2. The molecule has 7 heteroatoms. The van der Waals surface area contributed by atoms with E-state index in [0.717, 1.165) is 69.3 Å². The molecule has 0 spiro atoms. The first-order valence-electron chi connectivity index (χ1n) is 10.7. The highest BCUT2D eigenvalue weighted by Gasteiger charge is 2.19. The van der Waals surface area contributed by atoms with E-state index in [1.54, 1.807) is 7.11 Å². The van der Waals surface area contributed by atoms with Crippen molar-refractivity contribution >= 4 is 29.9 Å². The number of aliphatic imine (C=N–C) groups is 1. The van der Waals surface area contributed by atoms with E-state index in [1.165, 1.54) is 11.1 Å². The lowest BCUT2D eigenvalue weighted by Gasteiger charge is -2.33. The summed E-state index contributed by atoms with van der Waals surface area (Å²) >= 11 is 0. The number of benzene rings is 1. The minimum atomic E-state index is 0. The summed E-state index contributed by atoms with van der Waals surface area (Å²) in [5.74, 6) is 2.50. The molecule has 1 aromatic carbocycles. The number of rotatable bonds is 10. The molecule has 0 amide bonds. The molecule has 1 aromatic rings. The maximum Gasteiger partial charge on any atom is 0.191 e. The smallest absolute Gasteiger partial charge is 0.191 e. The molecule has 1 heterocycles. The summed E-state index contributed by atoms with van der Waals surface area (Å²) in [5.41, 5.74) is 2.49. The summed E-state index contributed by atoms with van der Waals surface area (Å²) in [5, 5.41) is 7.02. The minimum Gasteiger partial charge on any atom is -0.493 e. The molecule has 30 heavy (non-hydrogen) atoms. The van der Waals surface area contributed by atoms with Gasteiger partial charge in [0.05, 0.1) is 13.7 Å². The number of methoxy groups -OCH3 is 1. The molecule has 0 saturated carbocycles. The van der Waals surface area contributed by atoms with E-state index in [0.29, 0.717) is 12.6 Å². The first kappa shape index (κ1) is 26.6. The van der Waals surface area contributed by atoms with E-state index in [2.05, 4.69) is 46.2 Å². The standard InChI is InChI=1S/C23H38N4O2.HI/c1-6-29-22-16-19(9-10-21(22)28-5)8-7-13-25-23(24-4)26-20-11-14-27(15-12-20)17-18(2)3;/h9-10,16,20H,2,6-8,11-15,17H2,1,3-5H3,(H2,24,25,26);1H. The fourth-order valence-corrected chi connectivity index (χ4v) is 3.65. The number of hydrogen-bond acceptors (Lipinski definition) is 4. The van der Waals surface area contributed by atoms with E-state index in [-0.39, 0.29) is 24.0 Å². The molecule has 0 unspecified atom stereocenters. The van der Waals surface area contributed by atoms with E-state index in [9.17, 15) is 0 Å². The molecule has 0 aliphatic carbocycles. The van der Waals surface area contributed by atoms with Gasteiger partial charge >= 0.3 is 0 Å². The number of hydrogen-bond donors (Lipinski definition) is 2. The van der Waals surface area contributed by atoms with Crippen LogP contribution in [0.5, 0.6) is 11.5 Å². The second kappa shape index (κ2) is 14.5. The lowest BCUT2D eigenvalue weighted by atomic mass is 10.0. The molecule has 2 N–H and O–H groups in total. The van der Waals surface area contributed by atoms with E-state index < -0.39 is 0 Å². The van der Waals surface area contributed by atoms with Gasteiger partial charge in [-0.05, 0) is 57.2 Å². The molecule has 1 fully saturated rings. The van der Waals surface area contributed by atoms with Crippen LogP contribution in [0.25, 0.3) is 0 Å². The van der Waals surface area contributed by atoms with Crippen molar-refractivity contribution in [3.05, 3.63) is 35.9 Å². The third kappa shape index (κ3) is 9.12. The number of piperidine rings is 1. The number of ether oxygens (including phenoxy) is 2. The van der Waals surface area contributed by atoms with Crippen molar-refractivity contribution < 1.29 is 9.47 Å². The number of nitrogens with zero attached hydrogens (tertiary/aromatic N) is 2. The third-order valence-corrected chi connectivity index (χ3v) is 5.11. The SMILES string of the molecule is C=C(C)CN1CCC(NC(=NC)NCCCc2ccc(OC)c(OCC)c2)CC1.I. The zero-order valence-corrected chi connectivity index (χ0v) is 21.3. The predicted octanol–water partition coefficient (Wildman–Crippen LogP) is 3.85. The average molecular weight is 530 g/mol. The van der Waals surface area contributed by atoms with Gasteiger partial charge < -0.3 is 20.1 Å². The molecular formula is C23H39IN4O2. The van der Waals surface area contributed by atoms with Crippen LogP contribution in [-0.4, -0.2) is 63.8 Å². The molecule has 0 atom stereocenters. The Morgan fingerprint density at radius 2 is 2.00 bits per heavy atom. The maximum absolute atomic E-state index is 5.67. The van der Waals surface area contributed by atoms with Gasteiger partial charge in [0.25, 0.3) is 0 Å². The van der Waals surface area contributed by atoms with Gasteiger partial charge in [-0.25, -0.2) is 0 Å². The van der Waals surface area contributed by atoms with Crippen LogP contribution in [0, 0.1) is 0 Å². The van der Waals surface area contributed by atoms with Gasteiger partial charge in [0, 0.05) is 39.3 Å². The number of likely N-dealkylation sites (tertiary alicyclic amines) is 1. The van der Waals surface area contributed by atoms with Gasteiger partial charge in [0.1, 0.15) is 0 Å². The molecular weight excluding hydrogens is 491 g/mol. The Morgan fingerprint density at radius 3 is 2.60 bits per heavy atom. The van der Waals surface area contributed by atoms with Gasteiger partial charge in [-0.2, -0.15) is 0 Å². The van der Waals surface area contributed by atoms with Gasteiger partial charge in [-0.15, -0.1) is 24.0 Å². The summed E-state index contributed by atoms with van der Waals surface area (Å²) < 4.78 is 11.0. The summed E-state index contributed by atoms with van der Waals surface area (Å²) in [7, 11) is 3.51. The van der Waals surface area contributed by atoms with Gasteiger partial charge in [-0.3, -0.25) is 9.89 Å². The highest BCUT2D eigenvalue weighted by molar-refractivity contribution is 14.0. The zero-order chi connectivity index (χ0) is 21.1. The maximum atomic E-state index is 5.67. The molecule has 2 rings (SSSR count). The minimum absolute atomic E-state index is 0. The van der Waals surface area contributed by atoms with E-state index >= 15 is 0 Å². The Kier molecular flexibility index (Phi) is 12.8. The molecule has 1 saturated heterocycles. The normalized spacial score (nSPS) is 15.3. The number of halogens is 1. The van der Waals surface area contributed by atoms with Crippen LogP contribution in [0.3, 0.4) is 0 Å². The van der Waals surface area contributed by atoms with Crippen LogP contribution in [0.4, 0.5) is 0 Å². The zero-order valence-electron chi connectivity index (χ0n) is 19.0. The van der Waals surface area contributed by atoms with Crippen LogP contribution < -0.4 is 20.1 Å². The monoisotopic (exact) mass is 530 g/mol. The highest BCUT2D eigenvalue weighted by atomic mass is 127. The van der Waals surface area contributed by atoms with Gasteiger partial charge in [0.2, 0.25) is 0 Å². The molecule has 6 nitrogen and oxygen atoms in total. The average Bonchev–Trinajstić information content (AvgIpc) is 2.71. The summed E-state index contributed by atoms with van der Waals surface area (Å²) in [6.45, 7) is 12.8. The second-order valence-electron chi connectivity index (χ2n) is 7.67. The summed E-state index contributed by atoms with van der Waals surface area (Å²) in [6, 6.07) is 6.65. The van der Waals surface area contributed by atoms with Crippen molar-refractivity contribution in [2.45, 2.75) is 45.6 Å². The third-order valence-electron chi connectivity index (χ3n) is 5.11. The number of aryl methyl sites for hydroxylation is 1. The van der Waals surface area contributed by atoms with Crippen molar-refractivity contribution in [3.8, 4) is 11.5 Å². The molecule has 170 valence electrons. The highest BCUT2D eigenvalue weighted by Crippen LogP contribution is 2.28. The number of guanidine groups is 1. The second-order valence-corrected chi connectivity index (χ2v) is 7.67. The van der Waals surface area contributed by atoms with Crippen molar-refractivity contribution in [1.82, 2.24) is 15.5 Å². The Hall–Kier alpha value is -1.48. The Labute approximate surface area is 199 Å². The van der Waals surface area contributed by atoms with Crippen molar-refractivity contribution in [1.29, 1.82) is 0 Å². The van der Waals surface area contributed by atoms with Crippen LogP contribution in [0.15, 0.2) is 35.3 Å². The predicted molar refractivity (Wildman–Crippen MR) is 137 cm³/mol. The summed E-state index contributed by atoms with van der Waals surface area (Å²) in [6.07, 6.45) is 4.28. The van der Waals surface area contributed by atoms with Crippen LogP contribution >= 0.6 is 24.0 Å². The fraction of sp³-hybridized carbons (Fsp3) is 0.609. The van der Waals surface area contributed by atoms with Crippen LogP contribution in [0.1, 0.15) is 38.7 Å². The summed E-state index contributed by atoms with van der Waals surface area (Å²) in [4.78, 5) is 6.86. The molecule has 0 aromatic heterocycles. The van der Waals surface area contributed by atoms with E-state index in [1.807, 2.05) is 20.0 Å². The van der Waals surface area contributed by atoms with Gasteiger partial charge in [0.15, 0.2) is 17.5 Å².